The number of anilines is 1. The van der Waals surface area contributed by atoms with E-state index in [4.69, 9.17) is 9.47 Å². The van der Waals surface area contributed by atoms with Crippen LogP contribution < -0.4 is 4.90 Å². The van der Waals surface area contributed by atoms with Crippen LogP contribution in [-0.2, 0) is 9.47 Å². The Kier molecular flexibility index (Phi) is 7.64. The predicted octanol–water partition coefficient (Wildman–Crippen LogP) is 6.85. The summed E-state index contributed by atoms with van der Waals surface area (Å²) in [4.78, 5) is 2.43. The number of nitrogens with zero attached hydrogens (tertiary/aromatic N) is 2. The first-order valence-corrected chi connectivity index (χ1v) is 13.2. The summed E-state index contributed by atoms with van der Waals surface area (Å²) in [5.74, 6) is 0.738. The number of rotatable bonds is 9. The number of hydrogen-bond acceptors (Lipinski definition) is 3. The lowest BCUT2D eigenvalue weighted by Crippen LogP contribution is -2.25. The van der Waals surface area contributed by atoms with Crippen LogP contribution in [-0.4, -0.2) is 42.9 Å². The maximum absolute atomic E-state index is 5.69. The standard InChI is InChI=1S/C32H37N2O2/c1-4-5-20-33-28(24(2)26-13-9-11-17-30(26)33)15-7-6-8-16-29-25(3)27-14-10-12-18-31(27)34(29)21-19-32-35-22-23-36-32/h4,6-18,24-25,32H,1,5,19-23H2,2-3H3/q+1. The van der Waals surface area contributed by atoms with Crippen molar-refractivity contribution in [2.45, 2.75) is 44.8 Å². The Balaban J connectivity index is 1.34. The molecule has 2 aromatic rings. The first-order chi connectivity index (χ1) is 17.7. The second-order valence-corrected chi connectivity index (χ2v) is 9.66. The molecule has 36 heavy (non-hydrogen) atoms. The highest BCUT2D eigenvalue weighted by molar-refractivity contribution is 6.00. The van der Waals surface area contributed by atoms with Crippen LogP contribution in [0.3, 0.4) is 0 Å². The molecule has 0 saturated carbocycles. The van der Waals surface area contributed by atoms with Gasteiger partial charge in [-0.2, -0.15) is 4.58 Å². The van der Waals surface area contributed by atoms with Crippen molar-refractivity contribution < 1.29 is 14.0 Å². The van der Waals surface area contributed by atoms with Crippen molar-refractivity contribution in [1.82, 2.24) is 0 Å². The van der Waals surface area contributed by atoms with Crippen LogP contribution in [0.4, 0.5) is 11.4 Å². The van der Waals surface area contributed by atoms with Gasteiger partial charge in [-0.05, 0) is 24.6 Å². The van der Waals surface area contributed by atoms with Gasteiger partial charge in [0.05, 0.1) is 19.1 Å². The highest BCUT2D eigenvalue weighted by atomic mass is 16.7. The van der Waals surface area contributed by atoms with Gasteiger partial charge in [0.2, 0.25) is 5.69 Å². The highest BCUT2D eigenvalue weighted by Crippen LogP contribution is 2.43. The first kappa shape index (κ1) is 24.5. The van der Waals surface area contributed by atoms with Gasteiger partial charge in [0.25, 0.3) is 0 Å². The quantitative estimate of drug-likeness (QED) is 0.222. The van der Waals surface area contributed by atoms with Gasteiger partial charge in [0, 0.05) is 54.4 Å². The zero-order chi connectivity index (χ0) is 24.9. The molecule has 0 radical (unpaired) electrons. The van der Waals surface area contributed by atoms with E-state index in [-0.39, 0.29) is 6.29 Å². The largest absolute Gasteiger partial charge is 0.350 e. The fourth-order valence-corrected chi connectivity index (χ4v) is 5.63. The lowest BCUT2D eigenvalue weighted by Gasteiger charge is -2.23. The number of benzene rings is 2. The lowest BCUT2D eigenvalue weighted by molar-refractivity contribution is -0.435. The Morgan fingerprint density at radius 2 is 1.69 bits per heavy atom. The van der Waals surface area contributed by atoms with E-state index in [9.17, 15) is 0 Å². The molecular formula is C32H37N2O2+. The lowest BCUT2D eigenvalue weighted by atomic mass is 9.98. The number of ether oxygens (including phenoxy) is 2. The van der Waals surface area contributed by atoms with Crippen LogP contribution in [0.1, 0.15) is 49.7 Å². The Bertz CT molecular complexity index is 1220. The summed E-state index contributed by atoms with van der Waals surface area (Å²) in [6, 6.07) is 17.5. The van der Waals surface area contributed by atoms with Crippen molar-refractivity contribution in [2.24, 2.45) is 0 Å². The molecule has 0 aromatic heterocycles. The monoisotopic (exact) mass is 481 g/mol. The summed E-state index contributed by atoms with van der Waals surface area (Å²) in [5.41, 5.74) is 8.06. The van der Waals surface area contributed by atoms with Gasteiger partial charge in [0.1, 0.15) is 0 Å². The smallest absolute Gasteiger partial charge is 0.209 e. The van der Waals surface area contributed by atoms with Crippen molar-refractivity contribution in [3.63, 3.8) is 0 Å². The molecule has 4 nitrogen and oxygen atoms in total. The Morgan fingerprint density at radius 1 is 0.944 bits per heavy atom. The van der Waals surface area contributed by atoms with Gasteiger partial charge in [0.15, 0.2) is 18.5 Å². The summed E-state index contributed by atoms with van der Waals surface area (Å²) in [5, 5.41) is 0. The third-order valence-electron chi connectivity index (χ3n) is 7.49. The van der Waals surface area contributed by atoms with Crippen LogP contribution in [0.15, 0.2) is 97.3 Å². The van der Waals surface area contributed by atoms with E-state index >= 15 is 0 Å². The molecule has 2 atom stereocenters. The van der Waals surface area contributed by atoms with E-state index in [1.165, 1.54) is 33.9 Å². The zero-order valence-corrected chi connectivity index (χ0v) is 21.5. The molecular weight excluding hydrogens is 444 g/mol. The molecule has 0 amide bonds. The highest BCUT2D eigenvalue weighted by Gasteiger charge is 2.34. The molecule has 2 aromatic carbocycles. The minimum atomic E-state index is -0.0913. The fraction of sp³-hybridized carbons (Fsp3) is 0.344. The van der Waals surface area contributed by atoms with E-state index in [2.05, 4.69) is 109 Å². The van der Waals surface area contributed by atoms with Gasteiger partial charge < -0.3 is 14.4 Å². The van der Waals surface area contributed by atoms with E-state index < -0.39 is 0 Å². The van der Waals surface area contributed by atoms with Crippen molar-refractivity contribution in [2.75, 3.05) is 31.2 Å². The van der Waals surface area contributed by atoms with Gasteiger partial charge in [-0.1, -0.05) is 67.6 Å². The summed E-state index contributed by atoms with van der Waals surface area (Å²) in [7, 11) is 0. The summed E-state index contributed by atoms with van der Waals surface area (Å²) in [6.45, 7) is 11.7. The molecule has 1 fully saturated rings. The van der Waals surface area contributed by atoms with Gasteiger partial charge >= 0.3 is 0 Å². The molecule has 2 unspecified atom stereocenters. The van der Waals surface area contributed by atoms with Gasteiger partial charge in [-0.25, -0.2) is 0 Å². The van der Waals surface area contributed by atoms with Crippen molar-refractivity contribution >= 4 is 17.1 Å². The Labute approximate surface area is 215 Å². The zero-order valence-electron chi connectivity index (χ0n) is 21.5. The third kappa shape index (κ3) is 4.88. The molecule has 5 rings (SSSR count). The van der Waals surface area contributed by atoms with Gasteiger partial charge in [-0.3, -0.25) is 0 Å². The molecule has 3 aliphatic rings. The maximum atomic E-state index is 5.69. The van der Waals surface area contributed by atoms with Crippen molar-refractivity contribution in [1.29, 1.82) is 0 Å². The Hall–Kier alpha value is -3.21. The molecule has 1 saturated heterocycles. The maximum Gasteiger partial charge on any atom is 0.209 e. The normalized spacial score (nSPS) is 22.9. The predicted molar refractivity (Wildman–Crippen MR) is 148 cm³/mol. The average Bonchev–Trinajstić information content (AvgIpc) is 3.59. The third-order valence-corrected chi connectivity index (χ3v) is 7.49. The van der Waals surface area contributed by atoms with Crippen LogP contribution >= 0.6 is 0 Å². The molecule has 0 aliphatic carbocycles. The van der Waals surface area contributed by atoms with Crippen LogP contribution in [0.25, 0.3) is 0 Å². The van der Waals surface area contributed by atoms with Crippen LogP contribution in [0, 0.1) is 0 Å². The second kappa shape index (κ2) is 11.2. The number of para-hydroxylation sites is 2. The number of hydrogen-bond donors (Lipinski definition) is 0. The van der Waals surface area contributed by atoms with Crippen LogP contribution in [0.2, 0.25) is 0 Å². The van der Waals surface area contributed by atoms with E-state index in [0.717, 1.165) is 25.9 Å². The molecule has 0 spiro atoms. The molecule has 4 heteroatoms. The SMILES string of the molecule is C=CCC[N+]1=C(/C=C/C=C/C=C2\C(C)c3ccccc3N2CCC2OCCO2)C(C)c2ccccc21. The minimum absolute atomic E-state index is 0.0913. The van der Waals surface area contributed by atoms with E-state index in [1.54, 1.807) is 0 Å². The Morgan fingerprint density at radius 3 is 2.50 bits per heavy atom. The first-order valence-electron chi connectivity index (χ1n) is 13.2. The summed E-state index contributed by atoms with van der Waals surface area (Å²) < 4.78 is 13.8. The van der Waals surface area contributed by atoms with E-state index in [0.29, 0.717) is 25.0 Å². The summed E-state index contributed by atoms with van der Waals surface area (Å²) >= 11 is 0. The van der Waals surface area contributed by atoms with Gasteiger partial charge in [-0.15, -0.1) is 6.58 Å². The molecule has 0 bridgehead atoms. The minimum Gasteiger partial charge on any atom is -0.350 e. The van der Waals surface area contributed by atoms with E-state index in [1.807, 2.05) is 6.08 Å². The van der Waals surface area contributed by atoms with Crippen LogP contribution in [0.5, 0.6) is 0 Å². The van der Waals surface area contributed by atoms with Crippen molar-refractivity contribution in [3.05, 3.63) is 108 Å². The molecule has 186 valence electrons. The second-order valence-electron chi connectivity index (χ2n) is 9.66. The fourth-order valence-electron chi connectivity index (χ4n) is 5.63. The number of fused-ring (bicyclic) bond motifs is 2. The number of allylic oxidation sites excluding steroid dienone is 6. The molecule has 3 aliphatic heterocycles. The summed E-state index contributed by atoms with van der Waals surface area (Å²) in [6.07, 6.45) is 14.8. The van der Waals surface area contributed by atoms with Crippen molar-refractivity contribution in [3.8, 4) is 0 Å². The molecule has 0 N–H and O–H groups in total. The average molecular weight is 482 g/mol. The molecule has 3 heterocycles. The topological polar surface area (TPSA) is 24.7 Å².